The van der Waals surface area contributed by atoms with Crippen LogP contribution in [-0.2, 0) is 13.0 Å². The van der Waals surface area contributed by atoms with Gasteiger partial charge in [0.2, 0.25) is 0 Å². The zero-order chi connectivity index (χ0) is 19.6. The molecule has 0 spiro atoms. The topological polar surface area (TPSA) is 85.1 Å². The van der Waals surface area contributed by atoms with E-state index in [1.807, 2.05) is 6.92 Å². The van der Waals surface area contributed by atoms with Gasteiger partial charge in [-0.1, -0.05) is 29.3 Å². The van der Waals surface area contributed by atoms with Crippen molar-refractivity contribution in [1.29, 1.82) is 0 Å². The van der Waals surface area contributed by atoms with Gasteiger partial charge in [-0.3, -0.25) is 4.79 Å². The van der Waals surface area contributed by atoms with Gasteiger partial charge in [0.25, 0.3) is 0 Å². The second-order valence-corrected chi connectivity index (χ2v) is 6.56. The molecule has 0 atom stereocenters. The first kappa shape index (κ1) is 19.1. The van der Waals surface area contributed by atoms with E-state index in [2.05, 4.69) is 9.97 Å². The van der Waals surface area contributed by atoms with Gasteiger partial charge in [-0.15, -0.1) is 0 Å². The van der Waals surface area contributed by atoms with Gasteiger partial charge in [0.05, 0.1) is 15.7 Å². The first-order chi connectivity index (χ1) is 12.9. The molecule has 27 heavy (non-hydrogen) atoms. The lowest BCUT2D eigenvalue weighted by atomic mass is 10.0. The molecule has 0 unspecified atom stereocenters. The molecule has 0 saturated carbocycles. The summed E-state index contributed by atoms with van der Waals surface area (Å²) in [4.78, 5) is 32.8. The summed E-state index contributed by atoms with van der Waals surface area (Å²) < 4.78 is 1.76. The Labute approximate surface area is 165 Å². The van der Waals surface area contributed by atoms with Gasteiger partial charge in [0, 0.05) is 42.7 Å². The van der Waals surface area contributed by atoms with E-state index in [1.54, 1.807) is 41.2 Å². The Kier molecular flexibility index (Phi) is 5.58. The van der Waals surface area contributed by atoms with Crippen LogP contribution in [0.3, 0.4) is 0 Å². The van der Waals surface area contributed by atoms with Crippen LogP contribution in [-0.4, -0.2) is 25.6 Å². The predicted molar refractivity (Wildman–Crippen MR) is 104 cm³/mol. The van der Waals surface area contributed by atoms with Crippen LogP contribution in [0.4, 0.5) is 0 Å². The lowest BCUT2D eigenvalue weighted by Gasteiger charge is -2.19. The summed E-state index contributed by atoms with van der Waals surface area (Å²) in [5.41, 5.74) is 0.491. The molecule has 0 aliphatic carbocycles. The van der Waals surface area contributed by atoms with Crippen molar-refractivity contribution in [2.45, 2.75) is 19.9 Å². The highest BCUT2D eigenvalue weighted by molar-refractivity contribution is 6.42. The molecule has 0 amide bonds. The Hall–Kier alpha value is -2.70. The van der Waals surface area contributed by atoms with Gasteiger partial charge in [0.15, 0.2) is 5.43 Å². The number of aromatic nitrogens is 3. The Morgan fingerprint density at radius 1 is 1.15 bits per heavy atom. The van der Waals surface area contributed by atoms with Crippen LogP contribution in [0, 0.1) is 0 Å². The van der Waals surface area contributed by atoms with Crippen LogP contribution in [0.5, 0.6) is 0 Å². The van der Waals surface area contributed by atoms with Crippen molar-refractivity contribution in [3.63, 3.8) is 0 Å². The molecule has 3 rings (SSSR count). The number of carboxylic acids is 1. The Morgan fingerprint density at radius 3 is 2.44 bits per heavy atom. The molecule has 0 aliphatic heterocycles. The highest BCUT2D eigenvalue weighted by Crippen LogP contribution is 2.30. The number of hydrogen-bond donors (Lipinski definition) is 1. The zero-order valence-electron chi connectivity index (χ0n) is 14.3. The first-order valence-corrected chi connectivity index (χ1v) is 8.89. The Balaban J connectivity index is 2.29. The van der Waals surface area contributed by atoms with Gasteiger partial charge in [0.1, 0.15) is 11.4 Å². The molecule has 138 valence electrons. The maximum Gasteiger partial charge on any atom is 0.341 e. The number of rotatable bonds is 5. The van der Waals surface area contributed by atoms with E-state index in [1.165, 1.54) is 6.07 Å². The van der Waals surface area contributed by atoms with Gasteiger partial charge in [-0.05, 0) is 25.1 Å². The van der Waals surface area contributed by atoms with Gasteiger partial charge in [-0.25, -0.2) is 14.8 Å². The smallest absolute Gasteiger partial charge is 0.341 e. The van der Waals surface area contributed by atoms with E-state index in [0.29, 0.717) is 28.6 Å². The van der Waals surface area contributed by atoms with E-state index >= 15 is 0 Å². The highest BCUT2D eigenvalue weighted by atomic mass is 35.5. The summed E-state index contributed by atoms with van der Waals surface area (Å²) in [5, 5.41) is 10.3. The van der Waals surface area contributed by atoms with Crippen LogP contribution in [0.25, 0.3) is 11.3 Å². The van der Waals surface area contributed by atoms with Gasteiger partial charge in [-0.2, -0.15) is 0 Å². The summed E-state index contributed by atoms with van der Waals surface area (Å²) in [6.07, 6.45) is 3.52. The first-order valence-electron chi connectivity index (χ1n) is 8.13. The van der Waals surface area contributed by atoms with Crippen LogP contribution in [0.2, 0.25) is 10.0 Å². The van der Waals surface area contributed by atoms with Crippen molar-refractivity contribution >= 4 is 29.2 Å². The maximum atomic E-state index is 12.6. The monoisotopic (exact) mass is 403 g/mol. The molecule has 0 radical (unpaired) electrons. The van der Waals surface area contributed by atoms with Gasteiger partial charge >= 0.3 is 5.97 Å². The van der Waals surface area contributed by atoms with Crippen molar-refractivity contribution in [2.75, 3.05) is 0 Å². The molecule has 2 heterocycles. The number of halogens is 2. The number of carboxylic acid groups (broad SMARTS) is 1. The lowest BCUT2D eigenvalue weighted by Crippen LogP contribution is -2.23. The standard InChI is InChI=1S/C19H15Cl2N3O3/c1-2-24-12(10-16-22-6-3-7-23-16)9-15(25)17(19(26)27)18(24)11-4-5-13(20)14(21)8-11/h3-9H,2,10H2,1H3,(H,26,27). The second kappa shape index (κ2) is 7.90. The van der Waals surface area contributed by atoms with E-state index in [-0.39, 0.29) is 22.7 Å². The number of pyridine rings is 1. The molecule has 6 nitrogen and oxygen atoms in total. The van der Waals surface area contributed by atoms with E-state index < -0.39 is 11.4 Å². The quantitative estimate of drug-likeness (QED) is 0.697. The number of aromatic carboxylic acids is 1. The fourth-order valence-corrected chi connectivity index (χ4v) is 3.24. The second-order valence-electron chi connectivity index (χ2n) is 5.74. The molecule has 1 aromatic carbocycles. The van der Waals surface area contributed by atoms with Gasteiger partial charge < -0.3 is 9.67 Å². The Bertz CT molecular complexity index is 1070. The molecule has 0 aliphatic rings. The number of benzene rings is 1. The fourth-order valence-electron chi connectivity index (χ4n) is 2.94. The minimum Gasteiger partial charge on any atom is -0.477 e. The summed E-state index contributed by atoms with van der Waals surface area (Å²) in [5.74, 6) is -0.770. The fraction of sp³-hybridized carbons (Fsp3) is 0.158. The van der Waals surface area contributed by atoms with Crippen molar-refractivity contribution in [2.24, 2.45) is 0 Å². The molecule has 0 fully saturated rings. The SMILES string of the molecule is CCn1c(Cc2ncccn2)cc(=O)c(C(=O)O)c1-c1ccc(Cl)c(Cl)c1. The largest absolute Gasteiger partial charge is 0.477 e. The minimum absolute atomic E-state index is 0.275. The molecular formula is C19H15Cl2N3O3. The van der Waals surface area contributed by atoms with Crippen molar-refractivity contribution < 1.29 is 9.90 Å². The average Bonchev–Trinajstić information content (AvgIpc) is 2.64. The summed E-state index contributed by atoms with van der Waals surface area (Å²) in [7, 11) is 0. The summed E-state index contributed by atoms with van der Waals surface area (Å²) >= 11 is 12.1. The van der Waals surface area contributed by atoms with Crippen LogP contribution >= 0.6 is 23.2 Å². The predicted octanol–water partition coefficient (Wildman–Crippen LogP) is 3.92. The maximum absolute atomic E-state index is 12.6. The normalized spacial score (nSPS) is 10.8. The third-order valence-electron chi connectivity index (χ3n) is 4.08. The van der Waals surface area contributed by atoms with Crippen molar-refractivity contribution in [3.05, 3.63) is 80.1 Å². The van der Waals surface area contributed by atoms with Crippen LogP contribution in [0.1, 0.15) is 28.8 Å². The third-order valence-corrected chi connectivity index (χ3v) is 4.82. The number of hydrogen-bond acceptors (Lipinski definition) is 4. The molecule has 8 heteroatoms. The Morgan fingerprint density at radius 2 is 1.85 bits per heavy atom. The molecule has 0 bridgehead atoms. The highest BCUT2D eigenvalue weighted by Gasteiger charge is 2.22. The van der Waals surface area contributed by atoms with Crippen molar-refractivity contribution in [1.82, 2.24) is 14.5 Å². The summed E-state index contributed by atoms with van der Waals surface area (Å²) in [6, 6.07) is 7.79. The third kappa shape index (κ3) is 3.86. The molecule has 0 saturated heterocycles. The van der Waals surface area contributed by atoms with E-state index in [4.69, 9.17) is 23.2 Å². The molecular weight excluding hydrogens is 389 g/mol. The van der Waals surface area contributed by atoms with E-state index in [0.717, 1.165) is 0 Å². The van der Waals surface area contributed by atoms with Crippen LogP contribution in [0.15, 0.2) is 47.5 Å². The van der Waals surface area contributed by atoms with E-state index in [9.17, 15) is 14.7 Å². The number of carbonyl (C=O) groups is 1. The zero-order valence-corrected chi connectivity index (χ0v) is 15.8. The molecule has 3 aromatic rings. The molecule has 2 aromatic heterocycles. The molecule has 1 N–H and O–H groups in total. The summed E-state index contributed by atoms with van der Waals surface area (Å²) in [6.45, 7) is 2.31. The van der Waals surface area contributed by atoms with Crippen LogP contribution < -0.4 is 5.43 Å². The average molecular weight is 404 g/mol. The number of nitrogens with zero attached hydrogens (tertiary/aromatic N) is 3. The van der Waals surface area contributed by atoms with Crippen molar-refractivity contribution in [3.8, 4) is 11.3 Å². The lowest BCUT2D eigenvalue weighted by molar-refractivity contribution is 0.0695. The minimum atomic E-state index is -1.30.